The van der Waals surface area contributed by atoms with Crippen molar-refractivity contribution in [2.75, 3.05) is 5.73 Å². The maximum absolute atomic E-state index is 12.5. The van der Waals surface area contributed by atoms with Crippen LogP contribution < -0.4 is 16.6 Å². The first-order valence-corrected chi connectivity index (χ1v) is 7.93. The number of aromatic nitrogens is 4. The number of aryl methyl sites for hydroxylation is 1. The molecule has 0 saturated carbocycles. The Labute approximate surface area is 146 Å². The van der Waals surface area contributed by atoms with Crippen LogP contribution in [0, 0.1) is 0 Å². The van der Waals surface area contributed by atoms with Gasteiger partial charge in [0.2, 0.25) is 0 Å². The number of imide groups is 1. The zero-order valence-electron chi connectivity index (χ0n) is 13.7. The second kappa shape index (κ2) is 5.66. The molecule has 2 amide bonds. The summed E-state index contributed by atoms with van der Waals surface area (Å²) in [6.45, 7) is 1.96. The molecular formula is C17H14N6O3. The SMILES string of the molecule is CCc1nc(-c2cccc(-n3c(N)c4c(cc3=O)C(=O)NC4=O)c2)n[nH]1. The second-order valence-corrected chi connectivity index (χ2v) is 5.78. The maximum atomic E-state index is 12.5. The normalized spacial score (nSPS) is 13.0. The van der Waals surface area contributed by atoms with Gasteiger partial charge in [0, 0.05) is 18.1 Å². The summed E-state index contributed by atoms with van der Waals surface area (Å²) in [6.07, 6.45) is 0.715. The van der Waals surface area contributed by atoms with Crippen molar-refractivity contribution in [2.45, 2.75) is 13.3 Å². The number of anilines is 1. The van der Waals surface area contributed by atoms with Crippen LogP contribution in [0.15, 0.2) is 35.1 Å². The molecule has 9 nitrogen and oxygen atoms in total. The quantitative estimate of drug-likeness (QED) is 0.593. The van der Waals surface area contributed by atoms with Gasteiger partial charge in [0.1, 0.15) is 11.6 Å². The smallest absolute Gasteiger partial charge is 0.262 e. The van der Waals surface area contributed by atoms with Crippen molar-refractivity contribution in [2.24, 2.45) is 0 Å². The fourth-order valence-electron chi connectivity index (χ4n) is 2.91. The molecule has 0 unspecified atom stereocenters. The van der Waals surface area contributed by atoms with Gasteiger partial charge in [0.15, 0.2) is 5.82 Å². The molecule has 4 N–H and O–H groups in total. The van der Waals surface area contributed by atoms with Gasteiger partial charge >= 0.3 is 0 Å². The number of hydrogen-bond donors (Lipinski definition) is 3. The number of nitrogens with two attached hydrogens (primary N) is 1. The van der Waals surface area contributed by atoms with Crippen molar-refractivity contribution in [3.8, 4) is 17.1 Å². The van der Waals surface area contributed by atoms with Crippen molar-refractivity contribution in [3.05, 3.63) is 57.6 Å². The van der Waals surface area contributed by atoms with Crippen LogP contribution in [-0.2, 0) is 6.42 Å². The molecule has 130 valence electrons. The van der Waals surface area contributed by atoms with Crippen molar-refractivity contribution in [3.63, 3.8) is 0 Å². The highest BCUT2D eigenvalue weighted by Gasteiger charge is 2.31. The van der Waals surface area contributed by atoms with Gasteiger partial charge in [-0.2, -0.15) is 5.10 Å². The third kappa shape index (κ3) is 2.29. The van der Waals surface area contributed by atoms with Gasteiger partial charge in [-0.25, -0.2) is 4.98 Å². The van der Waals surface area contributed by atoms with Gasteiger partial charge in [-0.15, -0.1) is 0 Å². The molecule has 0 aliphatic carbocycles. The summed E-state index contributed by atoms with van der Waals surface area (Å²) in [5, 5.41) is 9.13. The molecular weight excluding hydrogens is 336 g/mol. The van der Waals surface area contributed by atoms with E-state index >= 15 is 0 Å². The van der Waals surface area contributed by atoms with E-state index in [1.165, 1.54) is 4.57 Å². The lowest BCUT2D eigenvalue weighted by atomic mass is 10.1. The first kappa shape index (κ1) is 15.8. The number of rotatable bonds is 3. The van der Waals surface area contributed by atoms with Crippen molar-refractivity contribution >= 4 is 17.6 Å². The molecule has 3 heterocycles. The number of benzene rings is 1. The number of aromatic amines is 1. The number of pyridine rings is 1. The van der Waals surface area contributed by atoms with Gasteiger partial charge in [-0.05, 0) is 12.1 Å². The van der Waals surface area contributed by atoms with Crippen LogP contribution in [0.5, 0.6) is 0 Å². The average molecular weight is 350 g/mol. The minimum atomic E-state index is -0.623. The largest absolute Gasteiger partial charge is 0.384 e. The minimum Gasteiger partial charge on any atom is -0.384 e. The highest BCUT2D eigenvalue weighted by Crippen LogP contribution is 2.24. The molecule has 1 aromatic carbocycles. The summed E-state index contributed by atoms with van der Waals surface area (Å²) in [7, 11) is 0. The highest BCUT2D eigenvalue weighted by atomic mass is 16.2. The van der Waals surface area contributed by atoms with E-state index < -0.39 is 17.4 Å². The standard InChI is InChI=1S/C17H14N6O3/c1-2-11-19-15(22-21-11)8-4-3-5-9(6-8)23-12(24)7-10-13(14(23)18)17(26)20-16(10)25/h3-7H,2,18H2,1H3,(H,19,21,22)(H,20,25,26). The zero-order chi connectivity index (χ0) is 18.4. The van der Waals surface area contributed by atoms with Crippen LogP contribution in [0.3, 0.4) is 0 Å². The van der Waals surface area contributed by atoms with E-state index in [4.69, 9.17) is 5.73 Å². The number of nitrogen functional groups attached to an aromatic ring is 1. The van der Waals surface area contributed by atoms with Crippen LogP contribution in [-0.4, -0.2) is 31.6 Å². The van der Waals surface area contributed by atoms with Gasteiger partial charge in [0.05, 0.1) is 16.8 Å². The molecule has 2 aromatic heterocycles. The second-order valence-electron chi connectivity index (χ2n) is 5.78. The highest BCUT2D eigenvalue weighted by molar-refractivity contribution is 6.23. The fraction of sp³-hybridized carbons (Fsp3) is 0.118. The Balaban J connectivity index is 1.88. The average Bonchev–Trinajstić information content (AvgIpc) is 3.20. The van der Waals surface area contributed by atoms with Crippen LogP contribution in [0.4, 0.5) is 5.82 Å². The zero-order valence-corrected chi connectivity index (χ0v) is 13.7. The summed E-state index contributed by atoms with van der Waals surface area (Å²) in [6, 6.07) is 8.02. The van der Waals surface area contributed by atoms with Crippen LogP contribution in [0.2, 0.25) is 0 Å². The Morgan fingerprint density at radius 1 is 1.15 bits per heavy atom. The van der Waals surface area contributed by atoms with Gasteiger partial charge in [0.25, 0.3) is 17.4 Å². The Kier molecular flexibility index (Phi) is 3.43. The molecule has 0 spiro atoms. The molecule has 4 rings (SSSR count). The molecule has 0 bridgehead atoms. The van der Waals surface area contributed by atoms with E-state index in [-0.39, 0.29) is 16.9 Å². The van der Waals surface area contributed by atoms with Crippen LogP contribution >= 0.6 is 0 Å². The van der Waals surface area contributed by atoms with E-state index in [1.54, 1.807) is 24.3 Å². The molecule has 0 atom stereocenters. The number of nitrogens with one attached hydrogen (secondary N) is 2. The number of carbonyl (C=O) groups excluding carboxylic acids is 2. The predicted molar refractivity (Wildman–Crippen MR) is 93.0 cm³/mol. The van der Waals surface area contributed by atoms with E-state index in [2.05, 4.69) is 20.5 Å². The number of amides is 2. The lowest BCUT2D eigenvalue weighted by molar-refractivity contribution is 0.0880. The van der Waals surface area contributed by atoms with Crippen LogP contribution in [0.1, 0.15) is 33.5 Å². The van der Waals surface area contributed by atoms with Crippen LogP contribution in [0.25, 0.3) is 17.1 Å². The number of hydrogen-bond acceptors (Lipinski definition) is 6. The summed E-state index contributed by atoms with van der Waals surface area (Å²) >= 11 is 0. The predicted octanol–water partition coefficient (Wildman–Crippen LogP) is 0.651. The maximum Gasteiger partial charge on any atom is 0.262 e. The topological polar surface area (TPSA) is 136 Å². The first-order chi connectivity index (χ1) is 12.5. The number of carbonyl (C=O) groups is 2. The Morgan fingerprint density at radius 3 is 2.69 bits per heavy atom. The van der Waals surface area contributed by atoms with E-state index in [0.29, 0.717) is 23.5 Å². The van der Waals surface area contributed by atoms with E-state index in [9.17, 15) is 14.4 Å². The van der Waals surface area contributed by atoms with Gasteiger partial charge < -0.3 is 5.73 Å². The molecule has 0 fully saturated rings. The lowest BCUT2D eigenvalue weighted by Crippen LogP contribution is -2.24. The van der Waals surface area contributed by atoms with Gasteiger partial charge in [-0.1, -0.05) is 19.1 Å². The molecule has 1 aliphatic heterocycles. The van der Waals surface area contributed by atoms with E-state index in [1.807, 2.05) is 6.92 Å². The molecule has 9 heteroatoms. The van der Waals surface area contributed by atoms with E-state index in [0.717, 1.165) is 11.9 Å². The lowest BCUT2D eigenvalue weighted by Gasteiger charge is -2.12. The Morgan fingerprint density at radius 2 is 1.96 bits per heavy atom. The molecule has 0 radical (unpaired) electrons. The number of fused-ring (bicyclic) bond motifs is 1. The monoisotopic (exact) mass is 350 g/mol. The summed E-state index contributed by atoms with van der Waals surface area (Å²) in [4.78, 5) is 40.6. The molecule has 26 heavy (non-hydrogen) atoms. The first-order valence-electron chi connectivity index (χ1n) is 7.93. The van der Waals surface area contributed by atoms with Gasteiger partial charge in [-0.3, -0.25) is 29.4 Å². The third-order valence-electron chi connectivity index (χ3n) is 4.18. The Bertz CT molecular complexity index is 1130. The third-order valence-corrected chi connectivity index (χ3v) is 4.18. The van der Waals surface area contributed by atoms with Crippen molar-refractivity contribution in [1.82, 2.24) is 25.1 Å². The summed E-state index contributed by atoms with van der Waals surface area (Å²) in [5.41, 5.74) is 6.67. The molecule has 3 aromatic rings. The summed E-state index contributed by atoms with van der Waals surface area (Å²) in [5.74, 6) is -0.0899. The number of nitrogens with zero attached hydrogens (tertiary/aromatic N) is 3. The molecule has 1 aliphatic rings. The van der Waals surface area contributed by atoms with Crippen molar-refractivity contribution in [1.29, 1.82) is 0 Å². The fourth-order valence-corrected chi connectivity index (χ4v) is 2.91. The summed E-state index contributed by atoms with van der Waals surface area (Å²) < 4.78 is 1.19. The Hall–Kier alpha value is -3.75. The molecule has 0 saturated heterocycles. The minimum absolute atomic E-state index is 0.00571. The van der Waals surface area contributed by atoms with Crippen molar-refractivity contribution < 1.29 is 9.59 Å². The number of H-pyrrole nitrogens is 1.